The van der Waals surface area contributed by atoms with Gasteiger partial charge in [-0.3, -0.25) is 4.79 Å². The Labute approximate surface area is 129 Å². The van der Waals surface area contributed by atoms with Crippen LogP contribution in [0.1, 0.15) is 24.5 Å². The van der Waals surface area contributed by atoms with E-state index in [2.05, 4.69) is 10.3 Å². The minimum absolute atomic E-state index is 0.0312. The van der Waals surface area contributed by atoms with Gasteiger partial charge in [-0.2, -0.15) is 0 Å². The summed E-state index contributed by atoms with van der Waals surface area (Å²) in [5.41, 5.74) is 0.818. The number of rotatable bonds is 6. The first kappa shape index (κ1) is 15.5. The van der Waals surface area contributed by atoms with Crippen LogP contribution in [0.5, 0.6) is 5.75 Å². The van der Waals surface area contributed by atoms with E-state index >= 15 is 0 Å². The summed E-state index contributed by atoms with van der Waals surface area (Å²) in [5.74, 6) is 0.775. The molecule has 2 aromatic rings. The fourth-order valence-corrected chi connectivity index (χ4v) is 2.50. The average molecular weight is 304 g/mol. The van der Waals surface area contributed by atoms with E-state index < -0.39 is 0 Å². The second-order valence-corrected chi connectivity index (χ2v) is 6.09. The molecule has 2 rings (SSSR count). The number of carbonyl (C=O) groups excluding carboxylic acids is 1. The highest BCUT2D eigenvalue weighted by molar-refractivity contribution is 7.09. The van der Waals surface area contributed by atoms with Gasteiger partial charge < -0.3 is 10.1 Å². The third-order valence-corrected chi connectivity index (χ3v) is 3.99. The van der Waals surface area contributed by atoms with E-state index in [0.29, 0.717) is 6.42 Å². The Bertz CT molecular complexity index is 583. The lowest BCUT2D eigenvalue weighted by Crippen LogP contribution is -2.43. The maximum Gasteiger partial charge on any atom is 0.226 e. The second-order valence-electron chi connectivity index (χ2n) is 5.03. The molecule has 4 nitrogen and oxygen atoms in total. The molecule has 0 aliphatic heterocycles. The molecule has 0 radical (unpaired) electrons. The molecular formula is C16H20N2O2S. The maximum absolute atomic E-state index is 12.0. The van der Waals surface area contributed by atoms with Crippen molar-refractivity contribution in [3.05, 3.63) is 46.4 Å². The molecule has 2 unspecified atom stereocenters. The Morgan fingerprint density at radius 3 is 2.67 bits per heavy atom. The van der Waals surface area contributed by atoms with Crippen LogP contribution in [0.25, 0.3) is 0 Å². The molecule has 0 aliphatic carbocycles. The number of para-hydroxylation sites is 1. The van der Waals surface area contributed by atoms with Crippen molar-refractivity contribution in [3.8, 4) is 5.75 Å². The van der Waals surface area contributed by atoms with E-state index in [1.807, 2.05) is 56.5 Å². The summed E-state index contributed by atoms with van der Waals surface area (Å²) >= 11 is 1.56. The van der Waals surface area contributed by atoms with E-state index in [1.165, 1.54) is 0 Å². The molecular weight excluding hydrogens is 284 g/mol. The number of thiazole rings is 1. The van der Waals surface area contributed by atoms with Gasteiger partial charge in [0.1, 0.15) is 11.9 Å². The Balaban J connectivity index is 1.82. The van der Waals surface area contributed by atoms with Crippen molar-refractivity contribution in [1.82, 2.24) is 10.3 Å². The van der Waals surface area contributed by atoms with Gasteiger partial charge in [0.05, 0.1) is 23.2 Å². The largest absolute Gasteiger partial charge is 0.489 e. The van der Waals surface area contributed by atoms with E-state index in [-0.39, 0.29) is 18.1 Å². The molecule has 0 spiro atoms. The monoisotopic (exact) mass is 304 g/mol. The molecule has 2 atom stereocenters. The summed E-state index contributed by atoms with van der Waals surface area (Å²) in [5, 5.41) is 5.86. The van der Waals surface area contributed by atoms with Gasteiger partial charge in [-0.05, 0) is 32.9 Å². The Morgan fingerprint density at radius 1 is 1.33 bits per heavy atom. The Kier molecular flexibility index (Phi) is 5.33. The topological polar surface area (TPSA) is 51.2 Å². The molecule has 1 N–H and O–H groups in total. The Morgan fingerprint density at radius 2 is 2.05 bits per heavy atom. The van der Waals surface area contributed by atoms with Crippen LogP contribution in [0, 0.1) is 6.92 Å². The van der Waals surface area contributed by atoms with Gasteiger partial charge in [0.25, 0.3) is 0 Å². The van der Waals surface area contributed by atoms with Crippen molar-refractivity contribution in [1.29, 1.82) is 0 Å². The lowest BCUT2D eigenvalue weighted by molar-refractivity contribution is -0.121. The maximum atomic E-state index is 12.0. The summed E-state index contributed by atoms with van der Waals surface area (Å²) in [4.78, 5) is 16.3. The van der Waals surface area contributed by atoms with E-state index in [9.17, 15) is 4.79 Å². The molecule has 1 aromatic carbocycles. The summed E-state index contributed by atoms with van der Waals surface area (Å²) in [6.07, 6.45) is 0.209. The first-order chi connectivity index (χ1) is 10.0. The zero-order chi connectivity index (χ0) is 15.2. The number of aryl methyl sites for hydroxylation is 1. The fourth-order valence-electron chi connectivity index (χ4n) is 1.89. The summed E-state index contributed by atoms with van der Waals surface area (Å²) in [7, 11) is 0. The summed E-state index contributed by atoms with van der Waals surface area (Å²) in [6.45, 7) is 5.83. The number of ether oxygens (including phenoxy) is 1. The number of hydrogen-bond donors (Lipinski definition) is 1. The lowest BCUT2D eigenvalue weighted by atomic mass is 10.2. The molecule has 21 heavy (non-hydrogen) atoms. The highest BCUT2D eigenvalue weighted by atomic mass is 32.1. The SMILES string of the molecule is Cc1nc(CC(=O)NC(C)C(C)Oc2ccccc2)cs1. The predicted molar refractivity (Wildman–Crippen MR) is 84.7 cm³/mol. The lowest BCUT2D eigenvalue weighted by Gasteiger charge is -2.22. The fraction of sp³-hybridized carbons (Fsp3) is 0.375. The average Bonchev–Trinajstić information content (AvgIpc) is 2.84. The van der Waals surface area contributed by atoms with Crippen LogP contribution < -0.4 is 10.1 Å². The molecule has 0 bridgehead atoms. The zero-order valence-corrected chi connectivity index (χ0v) is 13.3. The van der Waals surface area contributed by atoms with Crippen molar-refractivity contribution >= 4 is 17.2 Å². The number of hydrogen-bond acceptors (Lipinski definition) is 4. The molecule has 0 saturated carbocycles. The van der Waals surface area contributed by atoms with Crippen molar-refractivity contribution in [2.45, 2.75) is 39.3 Å². The molecule has 1 heterocycles. The van der Waals surface area contributed by atoms with Gasteiger partial charge in [0.2, 0.25) is 5.91 Å². The number of nitrogens with one attached hydrogen (secondary N) is 1. The molecule has 5 heteroatoms. The summed E-state index contributed by atoms with van der Waals surface area (Å²) in [6, 6.07) is 9.54. The number of benzene rings is 1. The standard InChI is InChI=1S/C16H20N2O2S/c1-11(12(2)20-15-7-5-4-6-8-15)17-16(19)9-14-10-21-13(3)18-14/h4-8,10-12H,9H2,1-3H3,(H,17,19). The highest BCUT2D eigenvalue weighted by Crippen LogP contribution is 2.13. The molecule has 0 saturated heterocycles. The summed E-state index contributed by atoms with van der Waals surface area (Å²) < 4.78 is 5.80. The number of aromatic nitrogens is 1. The number of nitrogens with zero attached hydrogens (tertiary/aromatic N) is 1. The van der Waals surface area contributed by atoms with Gasteiger partial charge in [-0.25, -0.2) is 4.98 Å². The van der Waals surface area contributed by atoms with Gasteiger partial charge in [-0.15, -0.1) is 11.3 Å². The predicted octanol–water partition coefficient (Wildman–Crippen LogP) is 2.97. The van der Waals surface area contributed by atoms with Gasteiger partial charge in [-0.1, -0.05) is 18.2 Å². The van der Waals surface area contributed by atoms with Crippen molar-refractivity contribution in [3.63, 3.8) is 0 Å². The van der Waals surface area contributed by atoms with Gasteiger partial charge in [0.15, 0.2) is 0 Å². The van der Waals surface area contributed by atoms with E-state index in [0.717, 1.165) is 16.5 Å². The number of carbonyl (C=O) groups is 1. The number of amides is 1. The quantitative estimate of drug-likeness (QED) is 0.892. The van der Waals surface area contributed by atoms with E-state index in [4.69, 9.17) is 4.74 Å². The van der Waals surface area contributed by atoms with Crippen LogP contribution in [0.15, 0.2) is 35.7 Å². The highest BCUT2D eigenvalue weighted by Gasteiger charge is 2.17. The normalized spacial score (nSPS) is 13.5. The molecule has 0 aliphatic rings. The minimum Gasteiger partial charge on any atom is -0.489 e. The van der Waals surface area contributed by atoms with Gasteiger partial charge >= 0.3 is 0 Å². The molecule has 1 aromatic heterocycles. The van der Waals surface area contributed by atoms with Crippen molar-refractivity contribution in [2.75, 3.05) is 0 Å². The van der Waals surface area contributed by atoms with Crippen molar-refractivity contribution in [2.24, 2.45) is 0 Å². The Hall–Kier alpha value is -1.88. The van der Waals surface area contributed by atoms with Crippen molar-refractivity contribution < 1.29 is 9.53 Å². The zero-order valence-electron chi connectivity index (χ0n) is 12.5. The van der Waals surface area contributed by atoms with Crippen LogP contribution in [0.4, 0.5) is 0 Å². The molecule has 112 valence electrons. The van der Waals surface area contributed by atoms with Crippen LogP contribution in [0.3, 0.4) is 0 Å². The van der Waals surface area contributed by atoms with E-state index in [1.54, 1.807) is 11.3 Å². The van der Waals surface area contributed by atoms with Gasteiger partial charge in [0, 0.05) is 5.38 Å². The van der Waals surface area contributed by atoms with Crippen LogP contribution >= 0.6 is 11.3 Å². The second kappa shape index (κ2) is 7.22. The van der Waals surface area contributed by atoms with Crippen LogP contribution in [0.2, 0.25) is 0 Å². The third kappa shape index (κ3) is 4.86. The first-order valence-electron chi connectivity index (χ1n) is 6.96. The minimum atomic E-state index is -0.103. The van der Waals surface area contributed by atoms with Crippen LogP contribution in [-0.2, 0) is 11.2 Å². The first-order valence-corrected chi connectivity index (χ1v) is 7.84. The molecule has 0 fully saturated rings. The molecule has 1 amide bonds. The smallest absolute Gasteiger partial charge is 0.226 e. The third-order valence-electron chi connectivity index (χ3n) is 3.17. The van der Waals surface area contributed by atoms with Crippen LogP contribution in [-0.4, -0.2) is 23.0 Å².